The molecule has 0 amide bonds. The fourth-order valence-corrected chi connectivity index (χ4v) is 2.17. The van der Waals surface area contributed by atoms with Gasteiger partial charge in [-0.2, -0.15) is 0 Å². The zero-order valence-corrected chi connectivity index (χ0v) is 9.58. The smallest absolute Gasteiger partial charge is 0.238 e. The predicted octanol–water partition coefficient (Wildman–Crippen LogP) is 0.647. The van der Waals surface area contributed by atoms with Gasteiger partial charge in [-0.25, -0.2) is 13.6 Å². The van der Waals surface area contributed by atoms with E-state index in [9.17, 15) is 13.5 Å². The van der Waals surface area contributed by atoms with Gasteiger partial charge in [-0.05, 0) is 25.5 Å². The maximum Gasteiger partial charge on any atom is 0.238 e. The molecule has 0 aromatic heterocycles. The van der Waals surface area contributed by atoms with Crippen molar-refractivity contribution in [2.75, 3.05) is 0 Å². The second-order valence-electron chi connectivity index (χ2n) is 4.14. The van der Waals surface area contributed by atoms with Crippen LogP contribution in [0.5, 0.6) is 0 Å². The van der Waals surface area contributed by atoms with Gasteiger partial charge in [-0.1, -0.05) is 18.2 Å². The molecular formula is C10H15NO3S. The molecule has 0 aliphatic heterocycles. The molecule has 0 bridgehead atoms. The zero-order valence-electron chi connectivity index (χ0n) is 8.77. The predicted molar refractivity (Wildman–Crippen MR) is 57.8 cm³/mol. The zero-order chi connectivity index (χ0) is 11.7. The van der Waals surface area contributed by atoms with Gasteiger partial charge < -0.3 is 5.11 Å². The van der Waals surface area contributed by atoms with Crippen LogP contribution in [0.4, 0.5) is 0 Å². The van der Waals surface area contributed by atoms with Gasteiger partial charge in [0, 0.05) is 6.42 Å². The monoisotopic (exact) mass is 229 g/mol. The summed E-state index contributed by atoms with van der Waals surface area (Å²) in [6.45, 7) is 3.24. The minimum absolute atomic E-state index is 0.0760. The molecule has 0 atom stereocenters. The molecule has 0 aliphatic carbocycles. The molecule has 1 aromatic carbocycles. The second-order valence-corrected chi connectivity index (χ2v) is 5.67. The average molecular weight is 229 g/mol. The lowest BCUT2D eigenvalue weighted by atomic mass is 9.99. The topological polar surface area (TPSA) is 80.4 Å². The highest BCUT2D eigenvalue weighted by Gasteiger charge is 2.19. The van der Waals surface area contributed by atoms with Crippen molar-refractivity contribution in [2.24, 2.45) is 5.14 Å². The minimum Gasteiger partial charge on any atom is -0.390 e. The van der Waals surface area contributed by atoms with E-state index in [0.717, 1.165) is 0 Å². The summed E-state index contributed by atoms with van der Waals surface area (Å²) in [4.78, 5) is 0.0760. The first-order valence-electron chi connectivity index (χ1n) is 4.53. The van der Waals surface area contributed by atoms with Gasteiger partial charge in [0.2, 0.25) is 10.0 Å². The van der Waals surface area contributed by atoms with E-state index in [2.05, 4.69) is 0 Å². The Morgan fingerprint density at radius 1 is 1.33 bits per heavy atom. The van der Waals surface area contributed by atoms with Crippen molar-refractivity contribution in [1.82, 2.24) is 0 Å². The number of primary sulfonamides is 1. The third kappa shape index (κ3) is 3.62. The number of benzene rings is 1. The van der Waals surface area contributed by atoms with Crippen LogP contribution in [0.3, 0.4) is 0 Å². The lowest BCUT2D eigenvalue weighted by Crippen LogP contribution is -2.24. The highest BCUT2D eigenvalue weighted by atomic mass is 32.2. The second kappa shape index (κ2) is 3.92. The fraction of sp³-hybridized carbons (Fsp3) is 0.400. The SMILES string of the molecule is CC(C)(O)Cc1ccccc1S(N)(=O)=O. The minimum atomic E-state index is -3.72. The van der Waals surface area contributed by atoms with E-state index in [1.807, 2.05) is 0 Å². The van der Waals surface area contributed by atoms with Gasteiger partial charge in [0.15, 0.2) is 0 Å². The van der Waals surface area contributed by atoms with E-state index in [1.165, 1.54) is 6.07 Å². The van der Waals surface area contributed by atoms with E-state index in [-0.39, 0.29) is 11.3 Å². The summed E-state index contributed by atoms with van der Waals surface area (Å²) in [5, 5.41) is 14.7. The van der Waals surface area contributed by atoms with E-state index >= 15 is 0 Å². The lowest BCUT2D eigenvalue weighted by Gasteiger charge is -2.18. The van der Waals surface area contributed by atoms with E-state index in [4.69, 9.17) is 5.14 Å². The highest BCUT2D eigenvalue weighted by Crippen LogP contribution is 2.19. The Hall–Kier alpha value is -0.910. The number of aliphatic hydroxyl groups is 1. The molecule has 0 heterocycles. The Bertz CT molecular complexity index is 446. The summed E-state index contributed by atoms with van der Waals surface area (Å²) >= 11 is 0. The van der Waals surface area contributed by atoms with Crippen molar-refractivity contribution in [3.63, 3.8) is 0 Å². The Labute approximate surface area is 89.8 Å². The summed E-state index contributed by atoms with van der Waals surface area (Å²) in [5.74, 6) is 0. The first kappa shape index (κ1) is 12.2. The number of sulfonamides is 1. The van der Waals surface area contributed by atoms with E-state index in [1.54, 1.807) is 32.0 Å². The van der Waals surface area contributed by atoms with E-state index in [0.29, 0.717) is 5.56 Å². The molecule has 0 fully saturated rings. The Kier molecular flexibility index (Phi) is 3.18. The van der Waals surface area contributed by atoms with Gasteiger partial charge in [-0.3, -0.25) is 0 Å². The number of hydrogen-bond donors (Lipinski definition) is 2. The molecule has 3 N–H and O–H groups in total. The largest absolute Gasteiger partial charge is 0.390 e. The van der Waals surface area contributed by atoms with Crippen molar-refractivity contribution >= 4 is 10.0 Å². The maximum absolute atomic E-state index is 11.2. The normalized spacial score (nSPS) is 12.8. The fourth-order valence-electron chi connectivity index (χ4n) is 1.39. The third-order valence-electron chi connectivity index (χ3n) is 1.90. The van der Waals surface area contributed by atoms with Crippen molar-refractivity contribution < 1.29 is 13.5 Å². The summed E-state index contributed by atoms with van der Waals surface area (Å²) < 4.78 is 22.5. The number of rotatable bonds is 3. The van der Waals surface area contributed by atoms with Crippen LogP contribution >= 0.6 is 0 Å². The molecule has 0 radical (unpaired) electrons. The molecular weight excluding hydrogens is 214 g/mol. The van der Waals surface area contributed by atoms with Gasteiger partial charge in [-0.15, -0.1) is 0 Å². The lowest BCUT2D eigenvalue weighted by molar-refractivity contribution is 0.0803. The maximum atomic E-state index is 11.2. The van der Waals surface area contributed by atoms with E-state index < -0.39 is 15.6 Å². The van der Waals surface area contributed by atoms with Crippen LogP contribution in [-0.4, -0.2) is 19.1 Å². The molecule has 0 spiro atoms. The highest BCUT2D eigenvalue weighted by molar-refractivity contribution is 7.89. The molecule has 1 aromatic rings. The average Bonchev–Trinajstić information content (AvgIpc) is 1.99. The Morgan fingerprint density at radius 3 is 2.33 bits per heavy atom. The summed E-state index contributed by atoms with van der Waals surface area (Å²) in [6, 6.07) is 6.41. The Morgan fingerprint density at radius 2 is 1.87 bits per heavy atom. The Balaban J connectivity index is 3.20. The first-order chi connectivity index (χ1) is 6.70. The van der Waals surface area contributed by atoms with Crippen molar-refractivity contribution in [3.8, 4) is 0 Å². The van der Waals surface area contributed by atoms with Gasteiger partial charge in [0.1, 0.15) is 0 Å². The molecule has 1 rings (SSSR count). The van der Waals surface area contributed by atoms with Crippen LogP contribution in [0.15, 0.2) is 29.2 Å². The van der Waals surface area contributed by atoms with Crippen LogP contribution in [0.2, 0.25) is 0 Å². The third-order valence-corrected chi connectivity index (χ3v) is 2.91. The molecule has 84 valence electrons. The van der Waals surface area contributed by atoms with Crippen molar-refractivity contribution in [1.29, 1.82) is 0 Å². The van der Waals surface area contributed by atoms with Crippen LogP contribution in [0, 0.1) is 0 Å². The van der Waals surface area contributed by atoms with Crippen molar-refractivity contribution in [2.45, 2.75) is 30.8 Å². The number of hydrogen-bond acceptors (Lipinski definition) is 3. The van der Waals surface area contributed by atoms with Gasteiger partial charge >= 0.3 is 0 Å². The molecule has 0 aliphatic rings. The summed E-state index contributed by atoms with van der Waals surface area (Å²) in [7, 11) is -3.72. The molecule has 5 heteroatoms. The van der Waals surface area contributed by atoms with Crippen LogP contribution in [-0.2, 0) is 16.4 Å². The first-order valence-corrected chi connectivity index (χ1v) is 6.08. The molecule has 15 heavy (non-hydrogen) atoms. The quantitative estimate of drug-likeness (QED) is 0.798. The standard InChI is InChI=1S/C10H15NO3S/c1-10(2,12)7-8-5-3-4-6-9(8)15(11,13)14/h3-6,12H,7H2,1-2H3,(H2,11,13,14). The van der Waals surface area contributed by atoms with Gasteiger partial charge in [0.05, 0.1) is 10.5 Å². The molecule has 0 saturated carbocycles. The number of nitrogens with two attached hydrogens (primary N) is 1. The molecule has 0 unspecified atom stereocenters. The van der Waals surface area contributed by atoms with Crippen LogP contribution in [0.25, 0.3) is 0 Å². The van der Waals surface area contributed by atoms with Crippen LogP contribution < -0.4 is 5.14 Å². The van der Waals surface area contributed by atoms with Gasteiger partial charge in [0.25, 0.3) is 0 Å². The van der Waals surface area contributed by atoms with Crippen LogP contribution in [0.1, 0.15) is 19.4 Å². The summed E-state index contributed by atoms with van der Waals surface area (Å²) in [6.07, 6.45) is 0.250. The van der Waals surface area contributed by atoms with Crippen molar-refractivity contribution in [3.05, 3.63) is 29.8 Å². The molecule has 0 saturated heterocycles. The molecule has 4 nitrogen and oxygen atoms in total. The summed E-state index contributed by atoms with van der Waals surface area (Å²) in [5.41, 5.74) is -0.423.